The van der Waals surface area contributed by atoms with Crippen molar-refractivity contribution in [3.05, 3.63) is 52.1 Å². The van der Waals surface area contributed by atoms with E-state index < -0.39 is 0 Å². The first kappa shape index (κ1) is 20.2. The van der Waals surface area contributed by atoms with Crippen molar-refractivity contribution in [1.82, 2.24) is 0 Å². The van der Waals surface area contributed by atoms with Crippen LogP contribution in [0, 0.1) is 16.7 Å². The molecule has 5 heteroatoms. The summed E-state index contributed by atoms with van der Waals surface area (Å²) in [5, 5.41) is 0.656. The summed E-state index contributed by atoms with van der Waals surface area (Å²) >= 11 is 5.91. The number of rotatable bonds is 3. The molecule has 3 atom stereocenters. The molecule has 1 aromatic rings. The van der Waals surface area contributed by atoms with Gasteiger partial charge in [-0.2, -0.15) is 0 Å². The normalized spacial score (nSPS) is 30.7. The van der Waals surface area contributed by atoms with E-state index in [9.17, 15) is 9.59 Å². The number of hydrogen-bond donors (Lipinski definition) is 0. The zero-order valence-corrected chi connectivity index (χ0v) is 17.9. The molecular formula is C24H27ClO4. The third-order valence-corrected chi connectivity index (χ3v) is 7.17. The summed E-state index contributed by atoms with van der Waals surface area (Å²) in [4.78, 5) is 25.1. The SMILES string of the molecule is CC1(C)CCC[C@]2(C)C3=C(COC3=O)C[C@H](OC(=O)/C=C/c3ccc(Cl)cc3)[C@@H]12. The van der Waals surface area contributed by atoms with Gasteiger partial charge in [0.1, 0.15) is 12.7 Å². The van der Waals surface area contributed by atoms with Gasteiger partial charge in [0.2, 0.25) is 0 Å². The molecular weight excluding hydrogens is 388 g/mol. The lowest BCUT2D eigenvalue weighted by Crippen LogP contribution is -2.53. The first-order chi connectivity index (χ1) is 13.7. The van der Waals surface area contributed by atoms with Crippen LogP contribution in [-0.2, 0) is 19.1 Å². The van der Waals surface area contributed by atoms with E-state index in [4.69, 9.17) is 21.1 Å². The molecule has 0 amide bonds. The molecule has 0 bridgehead atoms. The maximum atomic E-state index is 12.6. The number of ether oxygens (including phenoxy) is 2. The van der Waals surface area contributed by atoms with Crippen LogP contribution in [0.4, 0.5) is 0 Å². The van der Waals surface area contributed by atoms with Crippen LogP contribution >= 0.6 is 11.6 Å². The van der Waals surface area contributed by atoms with E-state index in [2.05, 4.69) is 20.8 Å². The molecule has 0 saturated heterocycles. The van der Waals surface area contributed by atoms with Crippen molar-refractivity contribution in [2.45, 2.75) is 52.6 Å². The van der Waals surface area contributed by atoms with Crippen LogP contribution in [0.2, 0.25) is 5.02 Å². The number of carbonyl (C=O) groups is 2. The molecule has 29 heavy (non-hydrogen) atoms. The molecule has 2 aliphatic carbocycles. The summed E-state index contributed by atoms with van der Waals surface area (Å²) in [6, 6.07) is 7.28. The van der Waals surface area contributed by atoms with Gasteiger partial charge in [0.15, 0.2) is 0 Å². The second-order valence-corrected chi connectivity index (χ2v) is 9.79. The smallest absolute Gasteiger partial charge is 0.334 e. The van der Waals surface area contributed by atoms with Crippen molar-refractivity contribution < 1.29 is 19.1 Å². The van der Waals surface area contributed by atoms with Crippen LogP contribution in [0.3, 0.4) is 0 Å². The lowest BCUT2D eigenvalue weighted by atomic mass is 9.49. The van der Waals surface area contributed by atoms with E-state index in [1.54, 1.807) is 18.2 Å². The van der Waals surface area contributed by atoms with Crippen LogP contribution in [0.1, 0.15) is 52.0 Å². The summed E-state index contributed by atoms with van der Waals surface area (Å²) < 4.78 is 11.4. The predicted molar refractivity (Wildman–Crippen MR) is 112 cm³/mol. The van der Waals surface area contributed by atoms with Gasteiger partial charge in [-0.05, 0) is 47.6 Å². The Labute approximate surface area is 176 Å². The van der Waals surface area contributed by atoms with Gasteiger partial charge in [0.05, 0.1) is 0 Å². The first-order valence-electron chi connectivity index (χ1n) is 10.2. The molecule has 4 nitrogen and oxygen atoms in total. The van der Waals surface area contributed by atoms with E-state index in [-0.39, 0.29) is 34.8 Å². The van der Waals surface area contributed by atoms with Gasteiger partial charge in [-0.15, -0.1) is 0 Å². The number of halogens is 1. The molecule has 1 heterocycles. The van der Waals surface area contributed by atoms with Crippen LogP contribution in [0.5, 0.6) is 0 Å². The van der Waals surface area contributed by atoms with Crippen LogP contribution in [0.25, 0.3) is 6.08 Å². The monoisotopic (exact) mass is 414 g/mol. The maximum Gasteiger partial charge on any atom is 0.334 e. The van der Waals surface area contributed by atoms with Gasteiger partial charge in [-0.25, -0.2) is 9.59 Å². The molecule has 1 saturated carbocycles. The fourth-order valence-corrected chi connectivity index (χ4v) is 6.04. The number of carbonyl (C=O) groups excluding carboxylic acids is 2. The van der Waals surface area contributed by atoms with Gasteiger partial charge >= 0.3 is 11.9 Å². The number of esters is 2. The molecule has 1 fully saturated rings. The quantitative estimate of drug-likeness (QED) is 0.493. The van der Waals surface area contributed by atoms with Gasteiger partial charge in [0, 0.05) is 34.4 Å². The standard InChI is InChI=1S/C24H27ClO4/c1-23(2)11-4-12-24(3)20-16(14-28-22(20)27)13-18(21(23)24)29-19(26)10-7-15-5-8-17(25)9-6-15/h5-10,18,21H,4,11-14H2,1-3H3/b10-7+/t18-,21-,24+/m0/s1. The van der Waals surface area contributed by atoms with E-state index in [0.717, 1.165) is 36.0 Å². The lowest BCUT2D eigenvalue weighted by Gasteiger charge is -2.55. The Morgan fingerprint density at radius 3 is 2.66 bits per heavy atom. The molecule has 1 aliphatic heterocycles. The minimum absolute atomic E-state index is 0.0285. The highest BCUT2D eigenvalue weighted by molar-refractivity contribution is 6.30. The highest BCUT2D eigenvalue weighted by Gasteiger charge is 2.59. The minimum atomic E-state index is -0.358. The van der Waals surface area contributed by atoms with E-state index in [1.165, 1.54) is 6.08 Å². The molecule has 0 aromatic heterocycles. The van der Waals surface area contributed by atoms with Gasteiger partial charge in [-0.1, -0.05) is 50.9 Å². The summed E-state index contributed by atoms with van der Waals surface area (Å²) in [5.74, 6) is -0.457. The average Bonchev–Trinajstić information content (AvgIpc) is 3.02. The summed E-state index contributed by atoms with van der Waals surface area (Å²) in [6.07, 6.45) is 6.55. The largest absolute Gasteiger partial charge is 0.459 e. The summed E-state index contributed by atoms with van der Waals surface area (Å²) in [7, 11) is 0. The van der Waals surface area contributed by atoms with Crippen LogP contribution in [0.15, 0.2) is 41.5 Å². The molecule has 0 N–H and O–H groups in total. The second kappa shape index (κ2) is 7.32. The Kier molecular flexibility index (Phi) is 5.10. The number of cyclic esters (lactones) is 1. The Morgan fingerprint density at radius 2 is 1.93 bits per heavy atom. The predicted octanol–water partition coefficient (Wildman–Crippen LogP) is 5.35. The third kappa shape index (κ3) is 3.63. The van der Waals surface area contributed by atoms with E-state index >= 15 is 0 Å². The van der Waals surface area contributed by atoms with E-state index in [1.807, 2.05) is 12.1 Å². The zero-order valence-electron chi connectivity index (χ0n) is 17.2. The van der Waals surface area contributed by atoms with Gasteiger partial charge < -0.3 is 9.47 Å². The topological polar surface area (TPSA) is 52.6 Å². The van der Waals surface area contributed by atoms with Crippen LogP contribution < -0.4 is 0 Å². The highest BCUT2D eigenvalue weighted by atomic mass is 35.5. The summed E-state index contributed by atoms with van der Waals surface area (Å²) in [6.45, 7) is 6.94. The first-order valence-corrected chi connectivity index (χ1v) is 10.6. The van der Waals surface area contributed by atoms with E-state index in [0.29, 0.717) is 18.1 Å². The molecule has 154 valence electrons. The fraction of sp³-hybridized carbons (Fsp3) is 0.500. The molecule has 4 rings (SSSR count). The number of fused-ring (bicyclic) bond motifs is 2. The van der Waals surface area contributed by atoms with Crippen molar-refractivity contribution in [2.24, 2.45) is 16.7 Å². The Morgan fingerprint density at radius 1 is 1.21 bits per heavy atom. The Bertz CT molecular complexity index is 896. The Balaban J connectivity index is 1.59. The third-order valence-electron chi connectivity index (χ3n) is 6.92. The molecule has 3 aliphatic rings. The van der Waals surface area contributed by atoms with Gasteiger partial charge in [-0.3, -0.25) is 0 Å². The number of benzene rings is 1. The Hall–Kier alpha value is -2.07. The second-order valence-electron chi connectivity index (χ2n) is 9.36. The maximum absolute atomic E-state index is 12.6. The number of hydrogen-bond acceptors (Lipinski definition) is 4. The van der Waals surface area contributed by atoms with Crippen molar-refractivity contribution in [1.29, 1.82) is 0 Å². The lowest BCUT2D eigenvalue weighted by molar-refractivity contribution is -0.157. The molecule has 0 radical (unpaired) electrons. The fourth-order valence-electron chi connectivity index (χ4n) is 5.92. The minimum Gasteiger partial charge on any atom is -0.459 e. The summed E-state index contributed by atoms with van der Waals surface area (Å²) in [5.41, 5.74) is 2.40. The highest BCUT2D eigenvalue weighted by Crippen LogP contribution is 2.61. The van der Waals surface area contributed by atoms with Crippen molar-refractivity contribution in [3.63, 3.8) is 0 Å². The van der Waals surface area contributed by atoms with Crippen molar-refractivity contribution in [2.75, 3.05) is 6.61 Å². The zero-order chi connectivity index (χ0) is 20.8. The van der Waals surface area contributed by atoms with Gasteiger partial charge in [0.25, 0.3) is 0 Å². The van der Waals surface area contributed by atoms with Crippen molar-refractivity contribution >= 4 is 29.6 Å². The van der Waals surface area contributed by atoms with Crippen LogP contribution in [-0.4, -0.2) is 24.6 Å². The van der Waals surface area contributed by atoms with Crippen molar-refractivity contribution in [3.8, 4) is 0 Å². The average molecular weight is 415 g/mol. The molecule has 0 spiro atoms. The molecule has 0 unspecified atom stereocenters. The molecule has 1 aromatic carbocycles.